The molecule has 1 atom stereocenters. The monoisotopic (exact) mass is 562 g/mol. The van der Waals surface area contributed by atoms with Gasteiger partial charge in [-0.25, -0.2) is 0 Å². The normalized spacial score (nSPS) is 22.1. The molecule has 1 aromatic heterocycles. The number of benzene rings is 2. The minimum atomic E-state index is -0.131. The van der Waals surface area contributed by atoms with E-state index in [1.165, 1.54) is 0 Å². The topological polar surface area (TPSA) is 91.5 Å². The van der Waals surface area contributed by atoms with Crippen LogP contribution in [0.2, 0.25) is 10.0 Å². The molecule has 3 aromatic rings. The number of ketones is 1. The molecule has 9 heteroatoms. The van der Waals surface area contributed by atoms with E-state index >= 15 is 0 Å². The Balaban J connectivity index is 0.00000320. The Kier molecular flexibility index (Phi) is 8.87. The largest absolute Gasteiger partial charge is 0.505 e. The molecule has 6 nitrogen and oxygen atoms in total. The summed E-state index contributed by atoms with van der Waals surface area (Å²) < 4.78 is 0. The number of carbonyl (C=O) groups is 1. The van der Waals surface area contributed by atoms with Gasteiger partial charge in [0.05, 0.1) is 26.8 Å². The minimum Gasteiger partial charge on any atom is -0.505 e. The number of aromatic nitrogens is 1. The van der Waals surface area contributed by atoms with Crippen molar-refractivity contribution in [1.82, 2.24) is 9.88 Å². The van der Waals surface area contributed by atoms with Crippen molar-refractivity contribution in [3.05, 3.63) is 52.1 Å². The lowest BCUT2D eigenvalue weighted by Crippen LogP contribution is -2.34. The second-order valence-electron chi connectivity index (χ2n) is 10.3. The van der Waals surface area contributed by atoms with Crippen molar-refractivity contribution in [2.75, 3.05) is 25.0 Å². The highest BCUT2D eigenvalue weighted by Crippen LogP contribution is 2.39. The highest BCUT2D eigenvalue weighted by atomic mass is 35.5. The van der Waals surface area contributed by atoms with E-state index in [1.54, 1.807) is 25.3 Å². The molecule has 2 fully saturated rings. The maximum Gasteiger partial charge on any atom is 0.163 e. The van der Waals surface area contributed by atoms with Crippen molar-refractivity contribution in [2.45, 2.75) is 51.1 Å². The van der Waals surface area contributed by atoms with Gasteiger partial charge in [-0.05, 0) is 86.9 Å². The lowest BCUT2D eigenvalue weighted by Gasteiger charge is -2.32. The zero-order valence-electron chi connectivity index (χ0n) is 20.8. The van der Waals surface area contributed by atoms with E-state index in [-0.39, 0.29) is 34.0 Å². The molecule has 0 spiro atoms. The molecular weight excluding hydrogens is 531 g/mol. The summed E-state index contributed by atoms with van der Waals surface area (Å²) in [6.07, 6.45) is 7.23. The van der Waals surface area contributed by atoms with Crippen LogP contribution in [0.3, 0.4) is 0 Å². The van der Waals surface area contributed by atoms with Gasteiger partial charge in [-0.15, -0.1) is 12.4 Å². The van der Waals surface area contributed by atoms with Gasteiger partial charge in [-0.3, -0.25) is 9.78 Å². The van der Waals surface area contributed by atoms with E-state index in [9.17, 15) is 9.90 Å². The molecule has 0 amide bonds. The van der Waals surface area contributed by atoms with Crippen molar-refractivity contribution in [1.29, 1.82) is 0 Å². The Morgan fingerprint density at radius 2 is 1.81 bits per heavy atom. The molecule has 2 aromatic carbocycles. The van der Waals surface area contributed by atoms with Crippen molar-refractivity contribution in [3.8, 4) is 16.9 Å². The van der Waals surface area contributed by atoms with Crippen LogP contribution < -0.4 is 11.1 Å². The third-order valence-electron chi connectivity index (χ3n) is 7.62. The lowest BCUT2D eigenvalue weighted by atomic mass is 9.85. The van der Waals surface area contributed by atoms with Gasteiger partial charge in [0.1, 0.15) is 0 Å². The van der Waals surface area contributed by atoms with Crippen molar-refractivity contribution < 1.29 is 9.90 Å². The standard InChI is InChI=1S/C28H32Cl2N4O2.ClH/c1-16(35)23-13-32-26-7-4-18(19-11-24(29)28(36)25(30)12-19)10-22(26)27(23)33-21-5-2-17(3-6-21)14-34-9-8-20(31)15-34;/h4,7,10-13,17,20-21,36H,2-3,5-6,8-9,14-15,31H2,1H3,(H,32,33);1H. The zero-order valence-corrected chi connectivity index (χ0v) is 23.2. The SMILES string of the molecule is CC(=O)c1cnc2ccc(-c3cc(Cl)c(O)c(Cl)c3)cc2c1NC1CCC(CN2CCC(N)C2)CC1.Cl. The maximum atomic E-state index is 12.5. The Bertz CT molecular complexity index is 1270. The summed E-state index contributed by atoms with van der Waals surface area (Å²) in [5.41, 5.74) is 9.98. The summed E-state index contributed by atoms with van der Waals surface area (Å²) in [4.78, 5) is 19.6. The summed E-state index contributed by atoms with van der Waals surface area (Å²) in [6.45, 7) is 4.85. The Morgan fingerprint density at radius 1 is 1.11 bits per heavy atom. The van der Waals surface area contributed by atoms with Crippen LogP contribution in [0.4, 0.5) is 5.69 Å². The number of phenols is 1. The second kappa shape index (κ2) is 11.7. The number of hydrogen-bond acceptors (Lipinski definition) is 6. The molecule has 37 heavy (non-hydrogen) atoms. The Labute approximate surface area is 233 Å². The molecule has 0 bridgehead atoms. The number of halogens is 3. The van der Waals surface area contributed by atoms with Crippen LogP contribution in [0, 0.1) is 5.92 Å². The summed E-state index contributed by atoms with van der Waals surface area (Å²) in [7, 11) is 0. The van der Waals surface area contributed by atoms with Crippen molar-refractivity contribution >= 4 is 58.0 Å². The lowest BCUT2D eigenvalue weighted by molar-refractivity contribution is 0.101. The molecule has 1 saturated carbocycles. The van der Waals surface area contributed by atoms with E-state index in [2.05, 4.69) is 15.2 Å². The third kappa shape index (κ3) is 6.15. The fraction of sp³-hybridized carbons (Fsp3) is 0.429. The average Bonchev–Trinajstić information content (AvgIpc) is 3.27. The van der Waals surface area contributed by atoms with Crippen LogP contribution in [-0.4, -0.2) is 52.5 Å². The predicted octanol–water partition coefficient (Wildman–Crippen LogP) is 6.54. The number of rotatable bonds is 6. The van der Waals surface area contributed by atoms with Crippen LogP contribution in [-0.2, 0) is 0 Å². The van der Waals surface area contributed by atoms with Crippen LogP contribution in [0.15, 0.2) is 36.5 Å². The van der Waals surface area contributed by atoms with Crippen LogP contribution in [0.1, 0.15) is 49.4 Å². The number of aromatic hydroxyl groups is 1. The number of anilines is 1. The number of carbonyl (C=O) groups excluding carboxylic acids is 1. The van der Waals surface area contributed by atoms with Gasteiger partial charge in [0.25, 0.3) is 0 Å². The van der Waals surface area contributed by atoms with E-state index in [1.807, 2.05) is 18.2 Å². The number of nitrogens with two attached hydrogens (primary N) is 1. The first kappa shape index (κ1) is 27.9. The molecule has 1 saturated heterocycles. The van der Waals surface area contributed by atoms with Gasteiger partial charge < -0.3 is 21.1 Å². The number of nitrogens with zero attached hydrogens (tertiary/aromatic N) is 2. The Hall–Kier alpha value is -2.09. The van der Waals surface area contributed by atoms with Crippen LogP contribution in [0.25, 0.3) is 22.0 Å². The fourth-order valence-electron chi connectivity index (χ4n) is 5.61. The van der Waals surface area contributed by atoms with E-state index < -0.39 is 0 Å². The van der Waals surface area contributed by atoms with Gasteiger partial charge in [0.15, 0.2) is 11.5 Å². The first-order chi connectivity index (χ1) is 17.3. The average molecular weight is 564 g/mol. The van der Waals surface area contributed by atoms with E-state index in [4.69, 9.17) is 28.9 Å². The molecule has 5 rings (SSSR count). The molecular formula is C28H33Cl3N4O2. The Morgan fingerprint density at radius 3 is 2.43 bits per heavy atom. The zero-order chi connectivity index (χ0) is 25.4. The smallest absolute Gasteiger partial charge is 0.163 e. The van der Waals surface area contributed by atoms with Gasteiger partial charge in [-0.2, -0.15) is 0 Å². The van der Waals surface area contributed by atoms with E-state index in [0.717, 1.165) is 79.5 Å². The summed E-state index contributed by atoms with van der Waals surface area (Å²) in [6, 6.07) is 9.89. The van der Waals surface area contributed by atoms with Gasteiger partial charge in [-0.1, -0.05) is 29.3 Å². The number of fused-ring (bicyclic) bond motifs is 1. The predicted molar refractivity (Wildman–Crippen MR) is 155 cm³/mol. The highest BCUT2D eigenvalue weighted by molar-refractivity contribution is 6.37. The van der Waals surface area contributed by atoms with Gasteiger partial charge >= 0.3 is 0 Å². The first-order valence-electron chi connectivity index (χ1n) is 12.6. The van der Waals surface area contributed by atoms with Gasteiger partial charge in [0, 0.05) is 36.8 Å². The van der Waals surface area contributed by atoms with E-state index in [0.29, 0.717) is 23.6 Å². The minimum absolute atomic E-state index is 0. The molecule has 1 aliphatic heterocycles. The quantitative estimate of drug-likeness (QED) is 0.295. The molecule has 1 unspecified atom stereocenters. The number of likely N-dealkylation sites (tertiary alicyclic amines) is 1. The number of hydrogen-bond donors (Lipinski definition) is 3. The molecule has 198 valence electrons. The molecule has 4 N–H and O–H groups in total. The summed E-state index contributed by atoms with van der Waals surface area (Å²) >= 11 is 12.3. The molecule has 2 heterocycles. The fourth-order valence-corrected chi connectivity index (χ4v) is 6.10. The molecule has 2 aliphatic rings. The molecule has 1 aliphatic carbocycles. The number of nitrogens with one attached hydrogen (secondary N) is 1. The summed E-state index contributed by atoms with van der Waals surface area (Å²) in [5.74, 6) is 0.548. The second-order valence-corrected chi connectivity index (χ2v) is 11.1. The van der Waals surface area contributed by atoms with Crippen LogP contribution in [0.5, 0.6) is 5.75 Å². The van der Waals surface area contributed by atoms with Crippen molar-refractivity contribution in [3.63, 3.8) is 0 Å². The number of pyridine rings is 1. The van der Waals surface area contributed by atoms with Crippen LogP contribution >= 0.6 is 35.6 Å². The molecule has 0 radical (unpaired) electrons. The summed E-state index contributed by atoms with van der Waals surface area (Å²) in [5, 5.41) is 14.9. The number of phenolic OH excluding ortho intramolecular Hbond substituents is 1. The third-order valence-corrected chi connectivity index (χ3v) is 8.19. The first-order valence-corrected chi connectivity index (χ1v) is 13.4. The number of Topliss-reactive ketones (excluding diaryl/α,β-unsaturated/α-hetero) is 1. The highest BCUT2D eigenvalue weighted by Gasteiger charge is 2.27. The van der Waals surface area contributed by atoms with Crippen molar-refractivity contribution in [2.24, 2.45) is 11.7 Å². The van der Waals surface area contributed by atoms with Gasteiger partial charge in [0.2, 0.25) is 0 Å². The maximum absolute atomic E-state index is 12.5.